The van der Waals surface area contributed by atoms with E-state index < -0.39 is 11.7 Å². The molecule has 0 aliphatic heterocycles. The Labute approximate surface area is 132 Å². The molecule has 2 aromatic carbocycles. The molecule has 0 unspecified atom stereocenters. The minimum absolute atomic E-state index is 0.0873. The number of azo groups is 1. The number of rotatable bonds is 2. The van der Waals surface area contributed by atoms with E-state index in [9.17, 15) is 14.3 Å². The van der Waals surface area contributed by atoms with Crippen molar-refractivity contribution >= 4 is 38.4 Å². The van der Waals surface area contributed by atoms with Crippen molar-refractivity contribution in [3.8, 4) is 5.88 Å². The molecule has 0 spiro atoms. The van der Waals surface area contributed by atoms with E-state index in [4.69, 9.17) is 0 Å². The fourth-order valence-corrected chi connectivity index (χ4v) is 2.37. The second kappa shape index (κ2) is 5.69. The van der Waals surface area contributed by atoms with Crippen molar-refractivity contribution in [2.75, 3.05) is 0 Å². The van der Waals surface area contributed by atoms with Crippen LogP contribution in [0, 0.1) is 5.82 Å². The molecule has 110 valence electrons. The summed E-state index contributed by atoms with van der Waals surface area (Å²) in [7, 11) is 0. The fourth-order valence-electron chi connectivity index (χ4n) is 2.01. The Kier molecular flexibility index (Phi) is 3.72. The van der Waals surface area contributed by atoms with E-state index in [1.54, 1.807) is 18.2 Å². The number of aromatic hydroxyl groups is 1. The Hall–Kier alpha value is -2.54. The van der Waals surface area contributed by atoms with E-state index in [-0.39, 0.29) is 17.1 Å². The largest absolute Gasteiger partial charge is 0.493 e. The van der Waals surface area contributed by atoms with E-state index in [0.29, 0.717) is 10.9 Å². The number of aromatic nitrogens is 1. The lowest BCUT2D eigenvalue weighted by Crippen LogP contribution is -1.93. The molecular weight excluding hydrogens is 353 g/mol. The van der Waals surface area contributed by atoms with Crippen molar-refractivity contribution in [1.29, 1.82) is 0 Å². The number of amides is 1. The first-order valence-electron chi connectivity index (χ1n) is 6.26. The van der Waals surface area contributed by atoms with Gasteiger partial charge in [-0.2, -0.15) is 0 Å². The average molecular weight is 362 g/mol. The summed E-state index contributed by atoms with van der Waals surface area (Å²) < 4.78 is 13.9. The van der Waals surface area contributed by atoms with Crippen LogP contribution in [0.5, 0.6) is 5.88 Å². The number of carbonyl (C=O) groups excluding carboxylic acids is 1. The SMILES string of the molecule is O=C(N=Nc1c(O)[nH]c2ccc(Br)cc12)c1cccc(F)c1. The number of fused-ring (bicyclic) bond motifs is 1. The van der Waals surface area contributed by atoms with Gasteiger partial charge in [0.05, 0.1) is 5.52 Å². The topological polar surface area (TPSA) is 77.8 Å². The minimum atomic E-state index is -0.691. The number of nitrogens with zero attached hydrogens (tertiary/aromatic N) is 2. The van der Waals surface area contributed by atoms with Crippen LogP contribution in [0.3, 0.4) is 0 Å². The average Bonchev–Trinajstić information content (AvgIpc) is 2.80. The molecule has 2 N–H and O–H groups in total. The molecule has 1 amide bonds. The van der Waals surface area contributed by atoms with Crippen LogP contribution in [0.25, 0.3) is 10.9 Å². The number of benzene rings is 2. The van der Waals surface area contributed by atoms with Crippen LogP contribution in [-0.2, 0) is 0 Å². The van der Waals surface area contributed by atoms with Gasteiger partial charge >= 0.3 is 0 Å². The molecule has 1 heterocycles. The van der Waals surface area contributed by atoms with Crippen molar-refractivity contribution in [3.63, 3.8) is 0 Å². The highest BCUT2D eigenvalue weighted by Gasteiger charge is 2.12. The van der Waals surface area contributed by atoms with E-state index >= 15 is 0 Å². The van der Waals surface area contributed by atoms with Crippen LogP contribution in [-0.4, -0.2) is 16.0 Å². The molecule has 0 aliphatic carbocycles. The van der Waals surface area contributed by atoms with E-state index in [2.05, 4.69) is 31.1 Å². The molecule has 0 saturated carbocycles. The highest BCUT2D eigenvalue weighted by atomic mass is 79.9. The molecule has 3 rings (SSSR count). The van der Waals surface area contributed by atoms with Crippen molar-refractivity contribution in [2.45, 2.75) is 0 Å². The summed E-state index contributed by atoms with van der Waals surface area (Å²) in [5, 5.41) is 17.8. The van der Waals surface area contributed by atoms with Crippen molar-refractivity contribution < 1.29 is 14.3 Å². The number of aromatic amines is 1. The molecule has 0 bridgehead atoms. The van der Waals surface area contributed by atoms with Crippen LogP contribution in [0.2, 0.25) is 0 Å². The van der Waals surface area contributed by atoms with Gasteiger partial charge in [0.2, 0.25) is 5.88 Å². The van der Waals surface area contributed by atoms with Crippen molar-refractivity contribution in [1.82, 2.24) is 4.98 Å². The van der Waals surface area contributed by atoms with Gasteiger partial charge in [0.1, 0.15) is 5.82 Å². The maximum atomic E-state index is 13.1. The summed E-state index contributed by atoms with van der Waals surface area (Å²) in [6.45, 7) is 0. The lowest BCUT2D eigenvalue weighted by atomic mass is 10.2. The number of hydrogen-bond acceptors (Lipinski definition) is 3. The zero-order valence-corrected chi connectivity index (χ0v) is 12.6. The Morgan fingerprint density at radius 3 is 2.82 bits per heavy atom. The number of halogens is 2. The van der Waals surface area contributed by atoms with E-state index in [1.165, 1.54) is 18.2 Å². The summed E-state index contributed by atoms with van der Waals surface area (Å²) in [5.41, 5.74) is 0.901. The third-order valence-corrected chi connectivity index (χ3v) is 3.52. The molecule has 7 heteroatoms. The molecule has 0 atom stereocenters. The lowest BCUT2D eigenvalue weighted by molar-refractivity contribution is 0.0994. The smallest absolute Gasteiger partial charge is 0.295 e. The minimum Gasteiger partial charge on any atom is -0.493 e. The Bertz CT molecular complexity index is 905. The van der Waals surface area contributed by atoms with Crippen LogP contribution < -0.4 is 0 Å². The van der Waals surface area contributed by atoms with Gasteiger partial charge in [0, 0.05) is 15.4 Å². The molecule has 22 heavy (non-hydrogen) atoms. The summed E-state index contributed by atoms with van der Waals surface area (Å²) in [6.07, 6.45) is 0. The monoisotopic (exact) mass is 361 g/mol. The Balaban J connectivity index is 1.97. The van der Waals surface area contributed by atoms with Gasteiger partial charge in [-0.1, -0.05) is 22.0 Å². The van der Waals surface area contributed by atoms with Crippen LogP contribution in [0.15, 0.2) is 57.2 Å². The summed E-state index contributed by atoms with van der Waals surface area (Å²) in [6, 6.07) is 10.5. The summed E-state index contributed by atoms with van der Waals surface area (Å²) in [4.78, 5) is 14.6. The molecular formula is C15H9BrFN3O2. The first-order chi connectivity index (χ1) is 10.5. The van der Waals surface area contributed by atoms with Gasteiger partial charge in [-0.15, -0.1) is 10.2 Å². The van der Waals surface area contributed by atoms with Crippen molar-refractivity contribution in [2.24, 2.45) is 10.2 Å². The van der Waals surface area contributed by atoms with Crippen LogP contribution in [0.1, 0.15) is 10.4 Å². The number of hydrogen-bond donors (Lipinski definition) is 2. The van der Waals surface area contributed by atoms with Crippen LogP contribution >= 0.6 is 15.9 Å². The van der Waals surface area contributed by atoms with E-state index in [1.807, 2.05) is 0 Å². The van der Waals surface area contributed by atoms with Gasteiger partial charge in [0.25, 0.3) is 5.91 Å². The maximum absolute atomic E-state index is 13.1. The molecule has 0 aliphatic rings. The molecule has 0 saturated heterocycles. The number of H-pyrrole nitrogens is 1. The predicted octanol–water partition coefficient (Wildman–Crippen LogP) is 4.70. The Morgan fingerprint density at radius 2 is 2.05 bits per heavy atom. The fraction of sp³-hybridized carbons (Fsp3) is 0. The highest BCUT2D eigenvalue weighted by Crippen LogP contribution is 2.36. The first-order valence-corrected chi connectivity index (χ1v) is 7.06. The third kappa shape index (κ3) is 2.75. The van der Waals surface area contributed by atoms with Gasteiger partial charge < -0.3 is 10.1 Å². The van der Waals surface area contributed by atoms with Gasteiger partial charge in [-0.05, 0) is 36.4 Å². The predicted molar refractivity (Wildman–Crippen MR) is 82.9 cm³/mol. The second-order valence-electron chi connectivity index (χ2n) is 4.53. The third-order valence-electron chi connectivity index (χ3n) is 3.03. The quantitative estimate of drug-likeness (QED) is 0.649. The molecule has 0 radical (unpaired) electrons. The maximum Gasteiger partial charge on any atom is 0.295 e. The summed E-state index contributed by atoms with van der Waals surface area (Å²) >= 11 is 3.32. The van der Waals surface area contributed by atoms with Crippen molar-refractivity contribution in [3.05, 3.63) is 58.3 Å². The number of nitrogens with one attached hydrogen (secondary N) is 1. The molecule has 3 aromatic rings. The van der Waals surface area contributed by atoms with Crippen LogP contribution in [0.4, 0.5) is 10.1 Å². The zero-order chi connectivity index (χ0) is 15.7. The molecule has 5 nitrogen and oxygen atoms in total. The van der Waals surface area contributed by atoms with E-state index in [0.717, 1.165) is 10.5 Å². The number of carbonyl (C=O) groups is 1. The first kappa shape index (κ1) is 14.4. The standard InChI is InChI=1S/C15H9BrFN3O2/c16-9-4-5-12-11(7-9)13(15(22)18-12)19-20-14(21)8-2-1-3-10(17)6-8/h1-7,18,22H. The normalized spacial score (nSPS) is 11.4. The van der Waals surface area contributed by atoms with Gasteiger partial charge in [-0.3, -0.25) is 4.79 Å². The van der Waals surface area contributed by atoms with Gasteiger partial charge in [0.15, 0.2) is 5.69 Å². The van der Waals surface area contributed by atoms with Gasteiger partial charge in [-0.25, -0.2) is 4.39 Å². The molecule has 1 aromatic heterocycles. The summed E-state index contributed by atoms with van der Waals surface area (Å²) in [5.74, 6) is -1.41. The molecule has 0 fully saturated rings. The Morgan fingerprint density at radius 1 is 1.23 bits per heavy atom. The second-order valence-corrected chi connectivity index (χ2v) is 5.44. The lowest BCUT2D eigenvalue weighted by Gasteiger charge is -1.95. The zero-order valence-electron chi connectivity index (χ0n) is 11.0. The highest BCUT2D eigenvalue weighted by molar-refractivity contribution is 9.10.